The quantitative estimate of drug-likeness (QED) is 0.452. The maximum Gasteiger partial charge on any atom is 0.138 e. The van der Waals surface area contributed by atoms with E-state index in [1.54, 1.807) is 0 Å². The molecule has 0 aliphatic carbocycles. The van der Waals surface area contributed by atoms with Crippen LogP contribution in [0.1, 0.15) is 5.56 Å². The molecule has 0 aromatic heterocycles. The van der Waals surface area contributed by atoms with Crippen LogP contribution in [0.5, 0.6) is 0 Å². The van der Waals surface area contributed by atoms with E-state index in [0.29, 0.717) is 11.3 Å². The minimum Gasteiger partial charge on any atom is -0.399 e. The molecule has 1 nitrogen and oxygen atoms in total. The molecule has 1 aromatic rings. The molecule has 1 aromatic carbocycles. The fourth-order valence-corrected chi connectivity index (χ4v) is 1.19. The average molecular weight is 293 g/mol. The van der Waals surface area contributed by atoms with Gasteiger partial charge in [-0.25, -0.2) is 4.39 Å². The van der Waals surface area contributed by atoms with Crippen molar-refractivity contribution in [2.45, 2.75) is 0 Å². The largest absolute Gasteiger partial charge is 0.399 e. The Labute approximate surface area is 86.5 Å². The summed E-state index contributed by atoms with van der Waals surface area (Å²) >= 11 is 2.02. The molecule has 12 heavy (non-hydrogen) atoms. The van der Waals surface area contributed by atoms with E-state index in [-0.39, 0.29) is 5.82 Å². The van der Waals surface area contributed by atoms with Crippen LogP contribution in [-0.4, -0.2) is 0 Å². The molecule has 1 rings (SSSR count). The van der Waals surface area contributed by atoms with Gasteiger partial charge in [-0.05, 0) is 32.4 Å². The highest BCUT2D eigenvalue weighted by molar-refractivity contribution is 14.2. The van der Waals surface area contributed by atoms with Crippen LogP contribution in [-0.2, 0) is 0 Å². The second-order valence-electron chi connectivity index (χ2n) is 2.04. The number of nitrogens with two attached hydrogens (primary N) is 1. The third-order valence-corrected chi connectivity index (χ3v) is 2.05. The first-order chi connectivity index (χ1) is 5.74. The van der Waals surface area contributed by atoms with E-state index in [2.05, 4.69) is 11.2 Å². The van der Waals surface area contributed by atoms with Crippen LogP contribution in [0.2, 0.25) is 0 Å². The van der Waals surface area contributed by atoms with Gasteiger partial charge < -0.3 is 5.73 Å². The minimum absolute atomic E-state index is 0.331. The van der Waals surface area contributed by atoms with Gasteiger partial charge in [0.05, 0.1) is 5.56 Å². The monoisotopic (exact) mass is 293 g/mol. The summed E-state index contributed by atoms with van der Waals surface area (Å²) < 4.78 is 12.9. The van der Waals surface area contributed by atoms with Gasteiger partial charge in [0.25, 0.3) is 0 Å². The second kappa shape index (κ2) is 4.58. The number of halogens is 2. The first-order valence-electron chi connectivity index (χ1n) is 3.07. The van der Waals surface area contributed by atoms with Crippen LogP contribution in [0, 0.1) is 17.0 Å². The van der Waals surface area contributed by atoms with Gasteiger partial charge in [0.15, 0.2) is 0 Å². The van der Waals surface area contributed by atoms with Gasteiger partial charge in [-0.1, -0.05) is 5.92 Å². The fourth-order valence-electron chi connectivity index (χ4n) is 0.713. The van der Waals surface area contributed by atoms with Crippen LogP contribution >= 0.6 is 30.1 Å². The lowest BCUT2D eigenvalue weighted by Crippen LogP contribution is -1.88. The van der Waals surface area contributed by atoms with Crippen molar-refractivity contribution < 1.29 is 4.39 Å². The molecule has 0 unspecified atom stereocenters. The molecule has 0 spiro atoms. The van der Waals surface area contributed by atoms with E-state index in [4.69, 9.17) is 5.73 Å². The van der Waals surface area contributed by atoms with E-state index >= 15 is 0 Å². The van der Waals surface area contributed by atoms with Crippen molar-refractivity contribution in [1.29, 1.82) is 0 Å². The molecular formula is C8H5FINS. The van der Waals surface area contributed by atoms with E-state index in [1.165, 1.54) is 27.1 Å². The zero-order valence-electron chi connectivity index (χ0n) is 5.97. The van der Waals surface area contributed by atoms with Crippen LogP contribution in [0.25, 0.3) is 0 Å². The Morgan fingerprint density at radius 1 is 1.50 bits per heavy atom. The van der Waals surface area contributed by atoms with Gasteiger partial charge in [-0.3, -0.25) is 0 Å². The van der Waals surface area contributed by atoms with E-state index in [9.17, 15) is 4.39 Å². The smallest absolute Gasteiger partial charge is 0.138 e. The molecule has 62 valence electrons. The number of benzene rings is 1. The predicted molar refractivity (Wildman–Crippen MR) is 59.3 cm³/mol. The lowest BCUT2D eigenvalue weighted by molar-refractivity contribution is 0.624. The topological polar surface area (TPSA) is 26.0 Å². The Hall–Kier alpha value is -0.410. The number of rotatable bonds is 0. The van der Waals surface area contributed by atoms with Gasteiger partial charge in [0, 0.05) is 26.9 Å². The summed E-state index contributed by atoms with van der Waals surface area (Å²) in [6.45, 7) is 0. The van der Waals surface area contributed by atoms with Crippen molar-refractivity contribution in [3.8, 4) is 11.2 Å². The van der Waals surface area contributed by atoms with E-state index in [0.717, 1.165) is 0 Å². The summed E-state index contributed by atoms with van der Waals surface area (Å²) in [5.41, 5.74) is 6.33. The normalized spacial score (nSPS) is 8.83. The number of nitrogen functional groups attached to an aromatic ring is 1. The fraction of sp³-hybridized carbons (Fsp3) is 0. The summed E-state index contributed by atoms with van der Waals surface area (Å²) in [6.07, 6.45) is 0. The molecule has 0 heterocycles. The van der Waals surface area contributed by atoms with Crippen LogP contribution in [0.15, 0.2) is 18.2 Å². The average Bonchev–Trinajstić information content (AvgIpc) is 2.07. The number of hydrogen-bond acceptors (Lipinski definition) is 2. The van der Waals surface area contributed by atoms with Crippen molar-refractivity contribution >= 4 is 35.8 Å². The third-order valence-electron chi connectivity index (χ3n) is 1.21. The lowest BCUT2D eigenvalue weighted by Gasteiger charge is -1.95. The van der Waals surface area contributed by atoms with Gasteiger partial charge in [0.2, 0.25) is 0 Å². The van der Waals surface area contributed by atoms with Crippen molar-refractivity contribution in [3.05, 3.63) is 29.6 Å². The molecule has 4 heteroatoms. The highest BCUT2D eigenvalue weighted by Gasteiger charge is 1.97. The predicted octanol–water partition coefficient (Wildman–Crippen LogP) is 2.80. The van der Waals surface area contributed by atoms with Gasteiger partial charge in [0.1, 0.15) is 5.82 Å². The van der Waals surface area contributed by atoms with Crippen molar-refractivity contribution in [2.75, 3.05) is 5.73 Å². The van der Waals surface area contributed by atoms with Crippen molar-refractivity contribution in [3.63, 3.8) is 0 Å². The van der Waals surface area contributed by atoms with Gasteiger partial charge in [-0.2, -0.15) is 0 Å². The zero-order valence-corrected chi connectivity index (χ0v) is 8.95. The highest BCUT2D eigenvalue weighted by atomic mass is 127. The zero-order chi connectivity index (χ0) is 8.97. The molecule has 0 amide bonds. The Balaban J connectivity index is 3.05. The van der Waals surface area contributed by atoms with Crippen molar-refractivity contribution in [1.82, 2.24) is 0 Å². The number of hydrogen-bond donors (Lipinski definition) is 1. The highest BCUT2D eigenvalue weighted by Crippen LogP contribution is 2.12. The van der Waals surface area contributed by atoms with Gasteiger partial charge in [-0.15, -0.1) is 0 Å². The first-order valence-corrected chi connectivity index (χ1v) is 6.43. The molecule has 0 fully saturated rings. The molecule has 0 atom stereocenters. The Kier molecular flexibility index (Phi) is 3.69. The lowest BCUT2D eigenvalue weighted by atomic mass is 10.2. The summed E-state index contributed by atoms with van der Waals surface area (Å²) in [7, 11) is 1.31. The molecule has 2 N–H and O–H groups in total. The molecule has 0 aliphatic rings. The molecule has 0 radical (unpaired) electrons. The SMILES string of the molecule is Nc1ccc(F)c(C#CSI)c1. The molecular weight excluding hydrogens is 288 g/mol. The molecule has 0 bridgehead atoms. The molecule has 0 saturated carbocycles. The minimum atomic E-state index is -0.331. The number of anilines is 1. The maximum absolute atomic E-state index is 12.9. The summed E-state index contributed by atoms with van der Waals surface area (Å²) in [5, 5.41) is 2.69. The Morgan fingerprint density at radius 3 is 2.92 bits per heavy atom. The summed E-state index contributed by atoms with van der Waals surface area (Å²) in [6, 6.07) is 4.35. The van der Waals surface area contributed by atoms with Gasteiger partial charge >= 0.3 is 0 Å². The van der Waals surface area contributed by atoms with Crippen molar-refractivity contribution in [2.24, 2.45) is 0 Å². The summed E-state index contributed by atoms with van der Waals surface area (Å²) in [5.74, 6) is 2.32. The molecule has 0 saturated heterocycles. The Bertz CT molecular complexity index is 343. The standard InChI is InChI=1S/C8H5FINS/c9-8-2-1-7(11)5-6(8)3-4-12-10/h1-2,5H,11H2. The van der Waals surface area contributed by atoms with E-state index in [1.807, 2.05) is 21.2 Å². The van der Waals surface area contributed by atoms with Crippen LogP contribution in [0.4, 0.5) is 10.1 Å². The molecule has 0 aliphatic heterocycles. The van der Waals surface area contributed by atoms with Crippen LogP contribution < -0.4 is 5.73 Å². The third kappa shape index (κ3) is 2.57. The first kappa shape index (κ1) is 9.68. The second-order valence-corrected chi connectivity index (χ2v) is 3.72. The summed E-state index contributed by atoms with van der Waals surface area (Å²) in [4.78, 5) is 0. The van der Waals surface area contributed by atoms with E-state index < -0.39 is 0 Å². The maximum atomic E-state index is 12.9. The Morgan fingerprint density at radius 2 is 2.25 bits per heavy atom. The van der Waals surface area contributed by atoms with Crippen LogP contribution in [0.3, 0.4) is 0 Å².